The average Bonchev–Trinajstić information content (AvgIpc) is 3.22. The van der Waals surface area contributed by atoms with Crippen molar-refractivity contribution in [2.24, 2.45) is 0 Å². The van der Waals surface area contributed by atoms with Gasteiger partial charge < -0.3 is 10.1 Å². The molecular weight excluding hydrogens is 380 g/mol. The second-order valence-corrected chi connectivity index (χ2v) is 8.08. The van der Waals surface area contributed by atoms with E-state index in [1.54, 1.807) is 18.4 Å². The second kappa shape index (κ2) is 8.57. The highest BCUT2D eigenvalue weighted by Gasteiger charge is 2.10. The lowest BCUT2D eigenvalue weighted by Gasteiger charge is -2.12. The van der Waals surface area contributed by atoms with Crippen molar-refractivity contribution in [2.75, 3.05) is 19.0 Å². The monoisotopic (exact) mass is 404 g/mol. The van der Waals surface area contributed by atoms with Gasteiger partial charge in [0.15, 0.2) is 0 Å². The summed E-state index contributed by atoms with van der Waals surface area (Å²) in [6.45, 7) is 5.00. The molecule has 0 atom stereocenters. The van der Waals surface area contributed by atoms with E-state index in [-0.39, 0.29) is 5.92 Å². The molecule has 0 spiro atoms. The molecule has 2 aromatic carbocycles. The first-order chi connectivity index (χ1) is 14.1. The number of ether oxygens (including phenoxy) is 1. The SMILES string of the molecule is COc1ccc(-c2csc(CCNc3nc(C(C)C)nc4ccccc34)n2)cc1. The Hall–Kier alpha value is -2.99. The molecule has 4 aromatic rings. The number of nitrogens with one attached hydrogen (secondary N) is 1. The van der Waals surface area contributed by atoms with Crippen molar-refractivity contribution in [3.05, 3.63) is 64.7 Å². The minimum Gasteiger partial charge on any atom is -0.497 e. The van der Waals surface area contributed by atoms with E-state index in [0.717, 1.165) is 57.5 Å². The van der Waals surface area contributed by atoms with Gasteiger partial charge in [-0.25, -0.2) is 15.0 Å². The highest BCUT2D eigenvalue weighted by atomic mass is 32.1. The molecule has 0 bridgehead atoms. The lowest BCUT2D eigenvalue weighted by Crippen LogP contribution is -2.09. The summed E-state index contributed by atoms with van der Waals surface area (Å²) in [5, 5.41) is 7.75. The van der Waals surface area contributed by atoms with Crippen LogP contribution in [0.2, 0.25) is 0 Å². The van der Waals surface area contributed by atoms with Crippen molar-refractivity contribution >= 4 is 28.1 Å². The maximum Gasteiger partial charge on any atom is 0.137 e. The number of benzene rings is 2. The summed E-state index contributed by atoms with van der Waals surface area (Å²) in [6, 6.07) is 16.1. The van der Waals surface area contributed by atoms with E-state index in [9.17, 15) is 0 Å². The molecular formula is C23H24N4OS. The zero-order valence-corrected chi connectivity index (χ0v) is 17.7. The summed E-state index contributed by atoms with van der Waals surface area (Å²) >= 11 is 1.69. The van der Waals surface area contributed by atoms with Gasteiger partial charge in [-0.05, 0) is 36.4 Å². The van der Waals surface area contributed by atoms with Gasteiger partial charge in [0.25, 0.3) is 0 Å². The molecule has 0 radical (unpaired) electrons. The van der Waals surface area contributed by atoms with Crippen molar-refractivity contribution in [1.82, 2.24) is 15.0 Å². The molecule has 0 amide bonds. The van der Waals surface area contributed by atoms with Crippen LogP contribution in [-0.2, 0) is 6.42 Å². The number of methoxy groups -OCH3 is 1. The molecule has 0 fully saturated rings. The summed E-state index contributed by atoms with van der Waals surface area (Å²) in [7, 11) is 1.67. The van der Waals surface area contributed by atoms with E-state index in [2.05, 4.69) is 35.6 Å². The normalized spacial score (nSPS) is 11.2. The van der Waals surface area contributed by atoms with Crippen LogP contribution in [-0.4, -0.2) is 28.6 Å². The van der Waals surface area contributed by atoms with E-state index in [0.29, 0.717) is 0 Å². The Morgan fingerprint density at radius 3 is 2.55 bits per heavy atom. The standard InChI is InChI=1S/C23H24N4OS/c1-15(2)22-26-19-7-5-4-6-18(19)23(27-22)24-13-12-21-25-20(14-29-21)16-8-10-17(28-3)11-9-16/h4-11,14-15H,12-13H2,1-3H3,(H,24,26,27). The number of thiazole rings is 1. The zero-order chi connectivity index (χ0) is 20.2. The van der Waals surface area contributed by atoms with Gasteiger partial charge in [-0.3, -0.25) is 0 Å². The van der Waals surface area contributed by atoms with E-state index in [1.165, 1.54) is 0 Å². The number of fused-ring (bicyclic) bond motifs is 1. The van der Waals surface area contributed by atoms with Crippen molar-refractivity contribution < 1.29 is 4.74 Å². The van der Waals surface area contributed by atoms with Crippen LogP contribution >= 0.6 is 11.3 Å². The molecule has 4 rings (SSSR count). The number of hydrogen-bond acceptors (Lipinski definition) is 6. The highest BCUT2D eigenvalue weighted by molar-refractivity contribution is 7.09. The maximum absolute atomic E-state index is 5.22. The average molecular weight is 405 g/mol. The van der Waals surface area contributed by atoms with Gasteiger partial charge in [0, 0.05) is 35.2 Å². The number of nitrogens with zero attached hydrogens (tertiary/aromatic N) is 3. The summed E-state index contributed by atoms with van der Waals surface area (Å²) in [4.78, 5) is 14.2. The first-order valence-electron chi connectivity index (χ1n) is 9.73. The topological polar surface area (TPSA) is 59.9 Å². The summed E-state index contributed by atoms with van der Waals surface area (Å²) in [5.41, 5.74) is 3.08. The zero-order valence-electron chi connectivity index (χ0n) is 16.8. The molecule has 0 saturated carbocycles. The molecule has 0 aliphatic carbocycles. The Balaban J connectivity index is 1.46. The molecule has 0 unspecified atom stereocenters. The molecule has 2 aromatic heterocycles. The van der Waals surface area contributed by atoms with Gasteiger partial charge in [0.05, 0.1) is 23.3 Å². The van der Waals surface area contributed by atoms with Gasteiger partial charge in [0.2, 0.25) is 0 Å². The number of rotatable bonds is 7. The quantitative estimate of drug-likeness (QED) is 0.438. The second-order valence-electron chi connectivity index (χ2n) is 7.13. The molecule has 0 aliphatic rings. The number of hydrogen-bond donors (Lipinski definition) is 1. The van der Waals surface area contributed by atoms with Crippen LogP contribution in [0.3, 0.4) is 0 Å². The molecule has 29 heavy (non-hydrogen) atoms. The van der Waals surface area contributed by atoms with Crippen molar-refractivity contribution in [3.63, 3.8) is 0 Å². The van der Waals surface area contributed by atoms with Gasteiger partial charge in [-0.15, -0.1) is 11.3 Å². The fourth-order valence-corrected chi connectivity index (χ4v) is 3.90. The third kappa shape index (κ3) is 4.38. The smallest absolute Gasteiger partial charge is 0.137 e. The third-order valence-electron chi connectivity index (χ3n) is 4.71. The van der Waals surface area contributed by atoms with Crippen LogP contribution in [0.1, 0.15) is 30.6 Å². The Bertz CT molecular complexity index is 1110. The predicted molar refractivity (Wildman–Crippen MR) is 120 cm³/mol. The third-order valence-corrected chi connectivity index (χ3v) is 5.61. The van der Waals surface area contributed by atoms with Gasteiger partial charge >= 0.3 is 0 Å². The lowest BCUT2D eigenvalue weighted by molar-refractivity contribution is 0.415. The fraction of sp³-hybridized carbons (Fsp3) is 0.261. The molecule has 5 nitrogen and oxygen atoms in total. The van der Waals surface area contributed by atoms with Gasteiger partial charge in [-0.1, -0.05) is 26.0 Å². The predicted octanol–water partition coefficient (Wildman–Crippen LogP) is 5.54. The van der Waals surface area contributed by atoms with Crippen LogP contribution in [0.4, 0.5) is 5.82 Å². The van der Waals surface area contributed by atoms with Crippen LogP contribution < -0.4 is 10.1 Å². The summed E-state index contributed by atoms with van der Waals surface area (Å²) in [5.74, 6) is 2.89. The Morgan fingerprint density at radius 1 is 1.00 bits per heavy atom. The van der Waals surface area contributed by atoms with Crippen molar-refractivity contribution in [3.8, 4) is 17.0 Å². The van der Waals surface area contributed by atoms with Crippen molar-refractivity contribution in [2.45, 2.75) is 26.2 Å². The highest BCUT2D eigenvalue weighted by Crippen LogP contribution is 2.25. The van der Waals surface area contributed by atoms with Crippen LogP contribution in [0.5, 0.6) is 5.75 Å². The maximum atomic E-state index is 5.22. The largest absolute Gasteiger partial charge is 0.497 e. The van der Waals surface area contributed by atoms with Crippen molar-refractivity contribution in [1.29, 1.82) is 0 Å². The number of anilines is 1. The van der Waals surface area contributed by atoms with Gasteiger partial charge in [0.1, 0.15) is 17.4 Å². The molecule has 0 saturated heterocycles. The minimum absolute atomic E-state index is 0.283. The first kappa shape index (κ1) is 19.3. The molecule has 6 heteroatoms. The molecule has 148 valence electrons. The van der Waals surface area contributed by atoms with E-state index in [1.807, 2.05) is 42.5 Å². The van der Waals surface area contributed by atoms with Crippen LogP contribution in [0.15, 0.2) is 53.9 Å². The summed E-state index contributed by atoms with van der Waals surface area (Å²) in [6.07, 6.45) is 0.843. The first-order valence-corrected chi connectivity index (χ1v) is 10.6. The van der Waals surface area contributed by atoms with E-state index in [4.69, 9.17) is 14.7 Å². The van der Waals surface area contributed by atoms with Crippen LogP contribution in [0, 0.1) is 0 Å². The molecule has 1 N–H and O–H groups in total. The lowest BCUT2D eigenvalue weighted by atomic mass is 10.1. The van der Waals surface area contributed by atoms with E-state index >= 15 is 0 Å². The number of para-hydroxylation sites is 1. The van der Waals surface area contributed by atoms with E-state index < -0.39 is 0 Å². The minimum atomic E-state index is 0.283. The molecule has 0 aliphatic heterocycles. The van der Waals surface area contributed by atoms with Crippen LogP contribution in [0.25, 0.3) is 22.2 Å². The number of aromatic nitrogens is 3. The Labute approximate surface area is 174 Å². The Kier molecular flexibility index (Phi) is 5.71. The Morgan fingerprint density at radius 2 is 1.79 bits per heavy atom. The fourth-order valence-electron chi connectivity index (χ4n) is 3.10. The van der Waals surface area contributed by atoms with Gasteiger partial charge in [-0.2, -0.15) is 0 Å². The summed E-state index contributed by atoms with van der Waals surface area (Å²) < 4.78 is 5.22. The molecule has 2 heterocycles.